The molecule has 1 aliphatic heterocycles. The maximum absolute atomic E-state index is 9.82. The fraction of sp³-hybridized carbons (Fsp3) is 0.429. The van der Waals surface area contributed by atoms with Crippen LogP contribution in [0, 0.1) is 0 Å². The van der Waals surface area contributed by atoms with Gasteiger partial charge in [-0.25, -0.2) is 0 Å². The highest BCUT2D eigenvalue weighted by Gasteiger charge is 2.42. The van der Waals surface area contributed by atoms with Crippen molar-refractivity contribution in [3.8, 4) is 0 Å². The molecule has 0 unspecified atom stereocenters. The van der Waals surface area contributed by atoms with Crippen molar-refractivity contribution in [2.24, 2.45) is 0 Å². The molecule has 0 aromatic heterocycles. The first-order valence-electron chi connectivity index (χ1n) is 5.80. The number of allylic oxidation sites excluding steroid dienone is 1. The fourth-order valence-electron chi connectivity index (χ4n) is 2.74. The Kier molecular flexibility index (Phi) is 3.13. The summed E-state index contributed by atoms with van der Waals surface area (Å²) >= 11 is 0. The van der Waals surface area contributed by atoms with Crippen LogP contribution in [0.2, 0.25) is 0 Å². The van der Waals surface area contributed by atoms with Crippen LogP contribution in [0.1, 0.15) is 25.3 Å². The molecule has 1 fully saturated rings. The van der Waals surface area contributed by atoms with Gasteiger partial charge in [0.1, 0.15) is 0 Å². The Morgan fingerprint density at radius 3 is 2.69 bits per heavy atom. The minimum absolute atomic E-state index is 0.0389. The van der Waals surface area contributed by atoms with Crippen LogP contribution in [-0.2, 0) is 5.41 Å². The molecule has 0 saturated carbocycles. The topological polar surface area (TPSA) is 23.5 Å². The highest BCUT2D eigenvalue weighted by atomic mass is 16.5. The van der Waals surface area contributed by atoms with E-state index in [9.17, 15) is 5.21 Å². The smallest absolute Gasteiger partial charge is 0.0341 e. The van der Waals surface area contributed by atoms with Gasteiger partial charge in [0.15, 0.2) is 0 Å². The molecule has 1 aromatic carbocycles. The van der Waals surface area contributed by atoms with Crippen LogP contribution in [0.3, 0.4) is 0 Å². The SMILES string of the molecule is C=CC[C@@]1(c2ccccc2)C[C@@H](C)N(O)C1. The van der Waals surface area contributed by atoms with Crippen molar-refractivity contribution < 1.29 is 5.21 Å². The molecule has 1 saturated heterocycles. The summed E-state index contributed by atoms with van der Waals surface area (Å²) in [6.45, 7) is 6.61. The molecule has 2 atom stereocenters. The van der Waals surface area contributed by atoms with Crippen molar-refractivity contribution >= 4 is 0 Å². The molecule has 16 heavy (non-hydrogen) atoms. The van der Waals surface area contributed by atoms with Crippen LogP contribution in [-0.4, -0.2) is 22.9 Å². The summed E-state index contributed by atoms with van der Waals surface area (Å²) in [7, 11) is 0. The van der Waals surface area contributed by atoms with Crippen molar-refractivity contribution in [3.05, 3.63) is 48.6 Å². The molecular weight excluding hydrogens is 198 g/mol. The maximum Gasteiger partial charge on any atom is 0.0341 e. The summed E-state index contributed by atoms with van der Waals surface area (Å²) in [5.41, 5.74) is 1.34. The first kappa shape index (κ1) is 11.4. The zero-order valence-electron chi connectivity index (χ0n) is 9.76. The van der Waals surface area contributed by atoms with Crippen LogP contribution in [0.25, 0.3) is 0 Å². The van der Waals surface area contributed by atoms with Crippen molar-refractivity contribution in [1.82, 2.24) is 5.06 Å². The standard InChI is InChI=1S/C14H19NO/c1-3-9-14(10-12(2)15(16)11-14)13-7-5-4-6-8-13/h3-8,12,16H,1,9-11H2,2H3/t12-,14-/m1/s1. The summed E-state index contributed by atoms with van der Waals surface area (Å²) in [4.78, 5) is 0. The molecule has 0 radical (unpaired) electrons. The van der Waals surface area contributed by atoms with Crippen molar-refractivity contribution in [2.75, 3.05) is 6.54 Å². The lowest BCUT2D eigenvalue weighted by Gasteiger charge is -2.27. The van der Waals surface area contributed by atoms with Gasteiger partial charge in [-0.2, -0.15) is 5.06 Å². The van der Waals surface area contributed by atoms with Gasteiger partial charge in [0.25, 0.3) is 0 Å². The Bertz CT molecular complexity index is 350. The zero-order valence-corrected chi connectivity index (χ0v) is 9.76. The van der Waals surface area contributed by atoms with Gasteiger partial charge in [0.05, 0.1) is 0 Å². The van der Waals surface area contributed by atoms with Gasteiger partial charge in [-0.15, -0.1) is 6.58 Å². The van der Waals surface area contributed by atoms with E-state index in [2.05, 4.69) is 37.8 Å². The van der Waals surface area contributed by atoms with Crippen LogP contribution in [0.5, 0.6) is 0 Å². The van der Waals surface area contributed by atoms with Gasteiger partial charge < -0.3 is 5.21 Å². The number of benzene rings is 1. The number of hydrogen-bond donors (Lipinski definition) is 1. The molecule has 0 bridgehead atoms. The van der Waals surface area contributed by atoms with Gasteiger partial charge in [-0.05, 0) is 25.3 Å². The molecule has 1 N–H and O–H groups in total. The summed E-state index contributed by atoms with van der Waals surface area (Å²) in [6, 6.07) is 10.7. The Labute approximate surface area is 97.2 Å². The average molecular weight is 217 g/mol. The lowest BCUT2D eigenvalue weighted by Crippen LogP contribution is -2.29. The van der Waals surface area contributed by atoms with E-state index in [4.69, 9.17) is 0 Å². The van der Waals surface area contributed by atoms with E-state index in [0.717, 1.165) is 12.8 Å². The van der Waals surface area contributed by atoms with Crippen LogP contribution in [0.15, 0.2) is 43.0 Å². The lowest BCUT2D eigenvalue weighted by molar-refractivity contribution is -0.100. The Morgan fingerprint density at radius 1 is 1.50 bits per heavy atom. The summed E-state index contributed by atoms with van der Waals surface area (Å²) < 4.78 is 0. The quantitative estimate of drug-likeness (QED) is 0.787. The minimum atomic E-state index is 0.0389. The first-order valence-corrected chi connectivity index (χ1v) is 5.80. The number of nitrogens with zero attached hydrogens (tertiary/aromatic N) is 1. The molecule has 0 amide bonds. The monoisotopic (exact) mass is 217 g/mol. The van der Waals surface area contributed by atoms with E-state index in [1.165, 1.54) is 10.6 Å². The van der Waals surface area contributed by atoms with Gasteiger partial charge in [-0.1, -0.05) is 36.4 Å². The van der Waals surface area contributed by atoms with Gasteiger partial charge in [-0.3, -0.25) is 0 Å². The van der Waals surface area contributed by atoms with Crippen LogP contribution >= 0.6 is 0 Å². The second-order valence-electron chi connectivity index (χ2n) is 4.79. The third-order valence-electron chi connectivity index (χ3n) is 3.58. The van der Waals surface area contributed by atoms with Gasteiger partial charge in [0.2, 0.25) is 0 Å². The largest absolute Gasteiger partial charge is 0.314 e. The van der Waals surface area contributed by atoms with Crippen molar-refractivity contribution in [1.29, 1.82) is 0 Å². The molecule has 1 aliphatic rings. The fourth-order valence-corrected chi connectivity index (χ4v) is 2.74. The van der Waals surface area contributed by atoms with E-state index in [1.807, 2.05) is 12.1 Å². The first-order chi connectivity index (χ1) is 7.68. The van der Waals surface area contributed by atoms with Crippen molar-refractivity contribution in [3.63, 3.8) is 0 Å². The maximum atomic E-state index is 9.82. The molecule has 2 nitrogen and oxygen atoms in total. The van der Waals surface area contributed by atoms with Crippen LogP contribution in [0.4, 0.5) is 0 Å². The highest BCUT2D eigenvalue weighted by Crippen LogP contribution is 2.40. The average Bonchev–Trinajstić information content (AvgIpc) is 2.57. The highest BCUT2D eigenvalue weighted by molar-refractivity contribution is 5.28. The second kappa shape index (κ2) is 4.40. The molecular formula is C14H19NO. The Morgan fingerprint density at radius 2 is 2.19 bits per heavy atom. The molecule has 2 rings (SSSR count). The molecule has 2 heteroatoms. The third kappa shape index (κ3) is 1.91. The van der Waals surface area contributed by atoms with E-state index in [1.54, 1.807) is 0 Å². The molecule has 1 heterocycles. The van der Waals surface area contributed by atoms with Gasteiger partial charge >= 0.3 is 0 Å². The zero-order chi connectivity index (χ0) is 11.6. The third-order valence-corrected chi connectivity index (χ3v) is 3.58. The predicted octanol–water partition coefficient (Wildman–Crippen LogP) is 2.98. The van der Waals surface area contributed by atoms with Crippen LogP contribution < -0.4 is 0 Å². The second-order valence-corrected chi connectivity index (χ2v) is 4.79. The number of hydroxylamine groups is 2. The molecule has 0 aliphatic carbocycles. The molecule has 0 spiro atoms. The number of rotatable bonds is 3. The van der Waals surface area contributed by atoms with E-state index < -0.39 is 0 Å². The van der Waals surface area contributed by atoms with E-state index >= 15 is 0 Å². The van der Waals surface area contributed by atoms with Gasteiger partial charge in [0, 0.05) is 18.0 Å². The molecule has 1 aromatic rings. The van der Waals surface area contributed by atoms with E-state index in [0.29, 0.717) is 6.54 Å². The summed E-state index contributed by atoms with van der Waals surface area (Å²) in [5, 5.41) is 11.3. The Hall–Kier alpha value is -1.12. The Balaban J connectivity index is 2.34. The summed E-state index contributed by atoms with van der Waals surface area (Å²) in [6.07, 6.45) is 3.86. The predicted molar refractivity (Wildman–Crippen MR) is 65.5 cm³/mol. The number of hydrogen-bond acceptors (Lipinski definition) is 2. The van der Waals surface area contributed by atoms with E-state index in [-0.39, 0.29) is 11.5 Å². The minimum Gasteiger partial charge on any atom is -0.314 e. The molecule has 86 valence electrons. The summed E-state index contributed by atoms with van der Waals surface area (Å²) in [5.74, 6) is 0. The van der Waals surface area contributed by atoms with Crippen molar-refractivity contribution in [2.45, 2.75) is 31.2 Å². The lowest BCUT2D eigenvalue weighted by atomic mass is 9.76. The normalized spacial score (nSPS) is 30.5.